The van der Waals surface area contributed by atoms with E-state index >= 15 is 0 Å². The van der Waals surface area contributed by atoms with Crippen LogP contribution in [0.2, 0.25) is 0 Å². The van der Waals surface area contributed by atoms with Gasteiger partial charge in [0.2, 0.25) is 10.0 Å². The summed E-state index contributed by atoms with van der Waals surface area (Å²) < 4.78 is 32.1. The molecule has 0 unspecified atom stereocenters. The molecule has 0 heterocycles. The third-order valence-corrected chi connectivity index (χ3v) is 4.08. The standard InChI is InChI=1S/C12H18BrNO3S/c1-9(2)17-6-7-18(15,16)14-12-5-4-10(3)8-11(12)13/h4-5,8-9,14H,6-7H2,1-3H3. The lowest BCUT2D eigenvalue weighted by atomic mass is 10.2. The topological polar surface area (TPSA) is 55.4 Å². The van der Waals surface area contributed by atoms with Crippen molar-refractivity contribution in [2.24, 2.45) is 0 Å². The molecule has 1 aromatic carbocycles. The normalized spacial score (nSPS) is 11.8. The molecule has 0 bridgehead atoms. The van der Waals surface area contributed by atoms with E-state index in [0.29, 0.717) is 5.69 Å². The molecule has 0 saturated heterocycles. The van der Waals surface area contributed by atoms with Gasteiger partial charge in [0.05, 0.1) is 24.2 Å². The highest BCUT2D eigenvalue weighted by Gasteiger charge is 2.12. The summed E-state index contributed by atoms with van der Waals surface area (Å²) in [6.45, 7) is 5.88. The third-order valence-electron chi connectivity index (χ3n) is 2.19. The largest absolute Gasteiger partial charge is 0.378 e. The molecule has 0 fully saturated rings. The van der Waals surface area contributed by atoms with E-state index in [4.69, 9.17) is 4.74 Å². The fourth-order valence-corrected chi connectivity index (χ4v) is 2.97. The number of anilines is 1. The van der Waals surface area contributed by atoms with Crippen LogP contribution in [0.5, 0.6) is 0 Å². The second-order valence-corrected chi connectivity index (χ2v) is 7.02. The Balaban J connectivity index is 2.65. The first kappa shape index (κ1) is 15.5. The van der Waals surface area contributed by atoms with Crippen molar-refractivity contribution in [2.45, 2.75) is 26.9 Å². The van der Waals surface area contributed by atoms with E-state index in [9.17, 15) is 8.42 Å². The second-order valence-electron chi connectivity index (χ2n) is 4.32. The SMILES string of the molecule is Cc1ccc(NS(=O)(=O)CCOC(C)C)c(Br)c1. The number of sulfonamides is 1. The number of hydrogen-bond acceptors (Lipinski definition) is 3. The van der Waals surface area contributed by atoms with Crippen LogP contribution in [0.25, 0.3) is 0 Å². The maximum absolute atomic E-state index is 11.8. The van der Waals surface area contributed by atoms with Gasteiger partial charge in [-0.2, -0.15) is 0 Å². The summed E-state index contributed by atoms with van der Waals surface area (Å²) in [6.07, 6.45) is 0.0336. The number of aryl methyl sites for hydroxylation is 1. The summed E-state index contributed by atoms with van der Waals surface area (Å²) >= 11 is 3.33. The van der Waals surface area contributed by atoms with Crippen LogP contribution < -0.4 is 4.72 Å². The van der Waals surface area contributed by atoms with Crippen LogP contribution >= 0.6 is 15.9 Å². The highest BCUT2D eigenvalue weighted by atomic mass is 79.9. The minimum atomic E-state index is -3.37. The first-order chi connectivity index (χ1) is 8.30. The maximum Gasteiger partial charge on any atom is 0.235 e. The molecule has 1 aromatic rings. The predicted octanol–water partition coefficient (Wildman–Crippen LogP) is 2.92. The lowest BCUT2D eigenvalue weighted by molar-refractivity contribution is 0.0913. The molecule has 0 atom stereocenters. The molecule has 0 aliphatic carbocycles. The number of nitrogens with one attached hydrogen (secondary N) is 1. The molecule has 1 rings (SSSR count). The molecular weight excluding hydrogens is 318 g/mol. The zero-order chi connectivity index (χ0) is 13.8. The highest BCUT2D eigenvalue weighted by molar-refractivity contribution is 9.10. The number of ether oxygens (including phenoxy) is 1. The van der Waals surface area contributed by atoms with E-state index in [0.717, 1.165) is 10.0 Å². The monoisotopic (exact) mass is 335 g/mol. The fourth-order valence-electron chi connectivity index (χ4n) is 1.31. The maximum atomic E-state index is 11.8. The van der Waals surface area contributed by atoms with Gasteiger partial charge in [-0.3, -0.25) is 4.72 Å². The van der Waals surface area contributed by atoms with Crippen LogP contribution in [0.3, 0.4) is 0 Å². The van der Waals surface area contributed by atoms with E-state index < -0.39 is 10.0 Å². The Kier molecular flexibility index (Phi) is 5.62. The minimum Gasteiger partial charge on any atom is -0.378 e. The Hall–Kier alpha value is -0.590. The molecule has 1 N–H and O–H groups in total. The summed E-state index contributed by atoms with van der Waals surface area (Å²) in [7, 11) is -3.37. The second kappa shape index (κ2) is 6.54. The van der Waals surface area contributed by atoms with Gasteiger partial charge in [-0.25, -0.2) is 8.42 Å². The molecule has 0 radical (unpaired) electrons. The Labute approximate surface area is 117 Å². The lowest BCUT2D eigenvalue weighted by Gasteiger charge is -2.11. The van der Waals surface area contributed by atoms with Gasteiger partial charge in [0.1, 0.15) is 0 Å². The first-order valence-electron chi connectivity index (χ1n) is 5.68. The van der Waals surface area contributed by atoms with Crippen molar-refractivity contribution in [2.75, 3.05) is 17.1 Å². The summed E-state index contributed by atoms with van der Waals surface area (Å²) in [6, 6.07) is 5.45. The Bertz CT molecular complexity index is 500. The molecule has 4 nitrogen and oxygen atoms in total. The quantitative estimate of drug-likeness (QED) is 0.869. The van der Waals surface area contributed by atoms with Crippen LogP contribution in [0, 0.1) is 6.92 Å². The molecule has 0 spiro atoms. The molecule has 0 aliphatic heterocycles. The Morgan fingerprint density at radius 2 is 2.06 bits per heavy atom. The highest BCUT2D eigenvalue weighted by Crippen LogP contribution is 2.24. The van der Waals surface area contributed by atoms with Gasteiger partial charge >= 0.3 is 0 Å². The number of benzene rings is 1. The van der Waals surface area contributed by atoms with E-state index in [-0.39, 0.29) is 18.5 Å². The molecular formula is C12H18BrNO3S. The molecule has 0 aromatic heterocycles. The van der Waals surface area contributed by atoms with Gasteiger partial charge in [-0.15, -0.1) is 0 Å². The Morgan fingerprint density at radius 3 is 2.61 bits per heavy atom. The minimum absolute atomic E-state index is 0.0336. The van der Waals surface area contributed by atoms with E-state index in [1.807, 2.05) is 32.9 Å². The molecule has 0 amide bonds. The predicted molar refractivity (Wildman–Crippen MR) is 77.4 cm³/mol. The zero-order valence-corrected chi connectivity index (χ0v) is 13.1. The van der Waals surface area contributed by atoms with Crippen LogP contribution in [-0.4, -0.2) is 26.9 Å². The number of halogens is 1. The molecule has 18 heavy (non-hydrogen) atoms. The Morgan fingerprint density at radius 1 is 1.39 bits per heavy atom. The van der Waals surface area contributed by atoms with Gasteiger partial charge in [0, 0.05) is 4.47 Å². The summed E-state index contributed by atoms with van der Waals surface area (Å²) in [5.41, 5.74) is 1.61. The van der Waals surface area contributed by atoms with E-state index in [2.05, 4.69) is 20.7 Å². The van der Waals surface area contributed by atoms with E-state index in [1.54, 1.807) is 6.07 Å². The summed E-state index contributed by atoms with van der Waals surface area (Å²) in [5.74, 6) is -0.0501. The van der Waals surface area contributed by atoms with Crippen molar-refractivity contribution in [3.05, 3.63) is 28.2 Å². The average Bonchev–Trinajstić information content (AvgIpc) is 2.21. The molecule has 0 saturated carbocycles. The van der Waals surface area contributed by atoms with Crippen molar-refractivity contribution in [1.29, 1.82) is 0 Å². The smallest absolute Gasteiger partial charge is 0.235 e. The zero-order valence-electron chi connectivity index (χ0n) is 10.7. The molecule has 6 heteroatoms. The number of rotatable bonds is 6. The lowest BCUT2D eigenvalue weighted by Crippen LogP contribution is -2.21. The fraction of sp³-hybridized carbons (Fsp3) is 0.500. The number of hydrogen-bond donors (Lipinski definition) is 1. The van der Waals surface area contributed by atoms with Crippen LogP contribution in [0.4, 0.5) is 5.69 Å². The van der Waals surface area contributed by atoms with Crippen molar-refractivity contribution >= 4 is 31.6 Å². The first-order valence-corrected chi connectivity index (χ1v) is 8.13. The van der Waals surface area contributed by atoms with Crippen molar-refractivity contribution in [3.63, 3.8) is 0 Å². The van der Waals surface area contributed by atoms with Gasteiger partial charge in [-0.05, 0) is 54.4 Å². The average molecular weight is 336 g/mol. The summed E-state index contributed by atoms with van der Waals surface area (Å²) in [4.78, 5) is 0. The summed E-state index contributed by atoms with van der Waals surface area (Å²) in [5, 5.41) is 0. The van der Waals surface area contributed by atoms with Crippen LogP contribution in [-0.2, 0) is 14.8 Å². The third kappa shape index (κ3) is 5.37. The van der Waals surface area contributed by atoms with Gasteiger partial charge in [-0.1, -0.05) is 6.07 Å². The van der Waals surface area contributed by atoms with Crippen LogP contribution in [0.1, 0.15) is 19.4 Å². The van der Waals surface area contributed by atoms with E-state index in [1.165, 1.54) is 0 Å². The van der Waals surface area contributed by atoms with Crippen molar-refractivity contribution in [1.82, 2.24) is 0 Å². The molecule has 102 valence electrons. The van der Waals surface area contributed by atoms with Gasteiger partial charge in [0.25, 0.3) is 0 Å². The van der Waals surface area contributed by atoms with Gasteiger partial charge in [0.15, 0.2) is 0 Å². The van der Waals surface area contributed by atoms with Crippen molar-refractivity contribution in [3.8, 4) is 0 Å². The van der Waals surface area contributed by atoms with Gasteiger partial charge < -0.3 is 4.74 Å². The van der Waals surface area contributed by atoms with Crippen LogP contribution in [0.15, 0.2) is 22.7 Å². The molecule has 0 aliphatic rings. The van der Waals surface area contributed by atoms with Crippen molar-refractivity contribution < 1.29 is 13.2 Å².